The number of pyridine rings is 1. The number of benzene rings is 1. The Hall–Kier alpha value is -3.91. The Morgan fingerprint density at radius 3 is 2.69 bits per heavy atom. The molecule has 0 aliphatic rings. The first kappa shape index (κ1) is 24.2. The lowest BCUT2D eigenvalue weighted by atomic mass is 10.1. The van der Waals surface area contributed by atoms with Crippen molar-refractivity contribution in [1.82, 2.24) is 24.3 Å². The van der Waals surface area contributed by atoms with Gasteiger partial charge in [0.1, 0.15) is 5.65 Å². The molecule has 8 heteroatoms. The van der Waals surface area contributed by atoms with Crippen molar-refractivity contribution in [1.29, 1.82) is 0 Å². The third-order valence-corrected chi connectivity index (χ3v) is 5.95. The molecule has 1 N–H and O–H groups in total. The summed E-state index contributed by atoms with van der Waals surface area (Å²) in [6.07, 6.45) is 7.56. The van der Waals surface area contributed by atoms with Crippen LogP contribution in [0.3, 0.4) is 0 Å². The summed E-state index contributed by atoms with van der Waals surface area (Å²) < 4.78 is 2.10. The lowest BCUT2D eigenvalue weighted by Crippen LogP contribution is -2.22. The number of nitrogens with one attached hydrogen (secondary N) is 1. The highest BCUT2D eigenvalue weighted by Crippen LogP contribution is 2.26. The predicted molar refractivity (Wildman–Crippen MR) is 145 cm³/mol. The molecule has 4 rings (SSSR count). The molecule has 0 amide bonds. The van der Waals surface area contributed by atoms with Gasteiger partial charge in [-0.15, -0.1) is 0 Å². The van der Waals surface area contributed by atoms with Crippen molar-refractivity contribution >= 4 is 35.9 Å². The molecule has 0 aliphatic heterocycles. The summed E-state index contributed by atoms with van der Waals surface area (Å²) in [5.41, 5.74) is 6.40. The summed E-state index contributed by atoms with van der Waals surface area (Å²) in [7, 11) is 0. The fourth-order valence-electron chi connectivity index (χ4n) is 3.85. The number of nitrogens with zero attached hydrogens (tertiary/aromatic N) is 7. The number of imidazole rings is 1. The lowest BCUT2D eigenvalue weighted by molar-refractivity contribution is 0.315. The molecule has 3 heterocycles. The highest BCUT2D eigenvalue weighted by atomic mass is 15.2. The minimum absolute atomic E-state index is 0.402. The molecule has 8 nitrogen and oxygen atoms in total. The number of aliphatic imine (C=N–C) groups is 2. The first-order chi connectivity index (χ1) is 17.0. The van der Waals surface area contributed by atoms with Crippen molar-refractivity contribution in [2.75, 3.05) is 25.1 Å². The van der Waals surface area contributed by atoms with Crippen molar-refractivity contribution in [2.45, 2.75) is 33.6 Å². The van der Waals surface area contributed by atoms with Crippen LogP contribution in [-0.4, -0.2) is 56.9 Å². The normalized spacial score (nSPS) is 11.7. The molecule has 0 aliphatic carbocycles. The molecule has 0 saturated carbocycles. The van der Waals surface area contributed by atoms with Gasteiger partial charge >= 0.3 is 0 Å². The molecule has 0 bridgehead atoms. The maximum absolute atomic E-state index is 4.74. The molecule has 1 aromatic carbocycles. The first-order valence-corrected chi connectivity index (χ1v) is 11.9. The van der Waals surface area contributed by atoms with Gasteiger partial charge in [0.05, 0.1) is 18.1 Å². The van der Waals surface area contributed by atoms with Gasteiger partial charge in [-0.05, 0) is 50.0 Å². The average Bonchev–Trinajstić information content (AvgIpc) is 3.30. The molecule has 0 saturated heterocycles. The van der Waals surface area contributed by atoms with E-state index in [1.165, 1.54) is 5.69 Å². The number of aromatic nitrogens is 4. The maximum atomic E-state index is 4.74. The van der Waals surface area contributed by atoms with Crippen molar-refractivity contribution in [2.24, 2.45) is 9.98 Å². The summed E-state index contributed by atoms with van der Waals surface area (Å²) in [6, 6.07) is 11.9. The van der Waals surface area contributed by atoms with Gasteiger partial charge in [-0.2, -0.15) is 0 Å². The van der Waals surface area contributed by atoms with Gasteiger partial charge in [0.2, 0.25) is 5.95 Å². The van der Waals surface area contributed by atoms with Crippen LogP contribution in [0.2, 0.25) is 0 Å². The Kier molecular flexibility index (Phi) is 7.62. The molecule has 0 fully saturated rings. The zero-order valence-electron chi connectivity index (χ0n) is 20.8. The van der Waals surface area contributed by atoms with Crippen LogP contribution >= 0.6 is 0 Å². The first-order valence-electron chi connectivity index (χ1n) is 11.9. The standard InChI is InChI=1S/C27H32N8/c1-6-34(7-2)18-29-16-21-14-20(8-9-23(21)28-5)24-10-12-30-27(33-24)32-22-11-13-35-25(19(3)4)17-31-26(35)15-22/h8-17,19H,5-7,18H2,1-4H3,(H,30,32,33)/b29-16-. The SMILES string of the molecule is C=Nc1ccc(-c2ccnc(Nc3ccn4c(C(C)C)cnc4c3)n2)cc1/C=N\CN(CC)CC. The molecule has 35 heavy (non-hydrogen) atoms. The summed E-state index contributed by atoms with van der Waals surface area (Å²) in [5.74, 6) is 0.920. The third-order valence-electron chi connectivity index (χ3n) is 5.95. The largest absolute Gasteiger partial charge is 0.324 e. The zero-order valence-corrected chi connectivity index (χ0v) is 20.8. The molecule has 0 atom stereocenters. The lowest BCUT2D eigenvalue weighted by Gasteiger charge is -2.14. The Morgan fingerprint density at radius 2 is 1.94 bits per heavy atom. The minimum atomic E-state index is 0.402. The highest BCUT2D eigenvalue weighted by molar-refractivity contribution is 5.89. The molecule has 0 radical (unpaired) electrons. The quantitative estimate of drug-likeness (QED) is 0.302. The molecule has 0 spiro atoms. The highest BCUT2D eigenvalue weighted by Gasteiger charge is 2.09. The Bertz CT molecular complexity index is 1330. The molecule has 180 valence electrons. The van der Waals surface area contributed by atoms with Crippen LogP contribution in [0.4, 0.5) is 17.3 Å². The van der Waals surface area contributed by atoms with E-state index in [2.05, 4.69) is 69.0 Å². The van der Waals surface area contributed by atoms with E-state index in [4.69, 9.17) is 4.98 Å². The van der Waals surface area contributed by atoms with E-state index < -0.39 is 0 Å². The number of hydrogen-bond acceptors (Lipinski definition) is 7. The van der Waals surface area contributed by atoms with E-state index in [0.29, 0.717) is 18.5 Å². The van der Waals surface area contributed by atoms with Crippen LogP contribution in [0.5, 0.6) is 0 Å². The van der Waals surface area contributed by atoms with E-state index >= 15 is 0 Å². The molecule has 4 aromatic rings. The van der Waals surface area contributed by atoms with E-state index in [1.54, 1.807) is 6.20 Å². The van der Waals surface area contributed by atoms with Crippen LogP contribution < -0.4 is 5.32 Å². The summed E-state index contributed by atoms with van der Waals surface area (Å²) in [5, 5.41) is 3.31. The summed E-state index contributed by atoms with van der Waals surface area (Å²) in [6.45, 7) is 14.9. The Balaban J connectivity index is 1.57. The van der Waals surface area contributed by atoms with Gasteiger partial charge in [0.15, 0.2) is 0 Å². The van der Waals surface area contributed by atoms with Crippen LogP contribution in [0.1, 0.15) is 44.9 Å². The van der Waals surface area contributed by atoms with Gasteiger partial charge < -0.3 is 9.72 Å². The zero-order chi connectivity index (χ0) is 24.8. The van der Waals surface area contributed by atoms with Crippen LogP contribution in [0.15, 0.2) is 65.0 Å². The van der Waals surface area contributed by atoms with Gasteiger partial charge in [-0.3, -0.25) is 14.9 Å². The van der Waals surface area contributed by atoms with Crippen molar-refractivity contribution < 1.29 is 0 Å². The topological polar surface area (TPSA) is 83.1 Å². The Labute approximate surface area is 206 Å². The van der Waals surface area contributed by atoms with Gasteiger partial charge in [-0.25, -0.2) is 15.0 Å². The van der Waals surface area contributed by atoms with Crippen molar-refractivity contribution in [3.63, 3.8) is 0 Å². The van der Waals surface area contributed by atoms with E-state index in [-0.39, 0.29) is 0 Å². The van der Waals surface area contributed by atoms with Crippen LogP contribution in [0.25, 0.3) is 16.9 Å². The van der Waals surface area contributed by atoms with E-state index in [0.717, 1.165) is 46.9 Å². The van der Waals surface area contributed by atoms with Crippen LogP contribution in [-0.2, 0) is 0 Å². The second-order valence-electron chi connectivity index (χ2n) is 8.56. The van der Waals surface area contributed by atoms with Crippen molar-refractivity contribution in [3.8, 4) is 11.3 Å². The monoisotopic (exact) mass is 468 g/mol. The van der Waals surface area contributed by atoms with Crippen molar-refractivity contribution in [3.05, 3.63) is 66.2 Å². The average molecular weight is 469 g/mol. The van der Waals surface area contributed by atoms with Gasteiger partial charge in [0, 0.05) is 53.4 Å². The molecular weight excluding hydrogens is 436 g/mol. The second-order valence-corrected chi connectivity index (χ2v) is 8.56. The minimum Gasteiger partial charge on any atom is -0.324 e. The number of hydrogen-bond donors (Lipinski definition) is 1. The summed E-state index contributed by atoms with van der Waals surface area (Å²) >= 11 is 0. The molecule has 0 unspecified atom stereocenters. The second kappa shape index (κ2) is 11.0. The van der Waals surface area contributed by atoms with E-state index in [9.17, 15) is 0 Å². The fourth-order valence-corrected chi connectivity index (χ4v) is 3.85. The number of fused-ring (bicyclic) bond motifs is 1. The fraction of sp³-hybridized carbons (Fsp3) is 0.296. The van der Waals surface area contributed by atoms with Gasteiger partial charge in [0.25, 0.3) is 0 Å². The smallest absolute Gasteiger partial charge is 0.227 e. The maximum Gasteiger partial charge on any atom is 0.227 e. The van der Waals surface area contributed by atoms with E-state index in [1.807, 2.05) is 55.0 Å². The molecular formula is C27H32N8. The third kappa shape index (κ3) is 5.60. The molecule has 3 aromatic heterocycles. The van der Waals surface area contributed by atoms with Crippen LogP contribution in [0, 0.1) is 0 Å². The number of rotatable bonds is 10. The van der Waals surface area contributed by atoms with Gasteiger partial charge in [-0.1, -0.05) is 33.8 Å². The Morgan fingerprint density at radius 1 is 1.11 bits per heavy atom. The predicted octanol–water partition coefficient (Wildman–Crippen LogP) is 5.71. The number of anilines is 2. The summed E-state index contributed by atoms with van der Waals surface area (Å²) in [4.78, 5) is 24.7.